The number of hydrogen-bond acceptors (Lipinski definition) is 5. The topological polar surface area (TPSA) is 104 Å². The third-order valence-corrected chi connectivity index (χ3v) is 5.33. The number of nitrogens with zero attached hydrogens (tertiary/aromatic N) is 3. The molecule has 8 nitrogen and oxygen atoms in total. The Morgan fingerprint density at radius 2 is 2.10 bits per heavy atom. The molecule has 150 valence electrons. The Balaban J connectivity index is 1.45. The van der Waals surface area contributed by atoms with Crippen LogP contribution in [0.4, 0.5) is 11.4 Å². The van der Waals surface area contributed by atoms with Gasteiger partial charge >= 0.3 is 0 Å². The number of aromatic nitrogens is 2. The number of benzene rings is 2. The van der Waals surface area contributed by atoms with Crippen LogP contribution in [-0.2, 0) is 6.54 Å². The van der Waals surface area contributed by atoms with E-state index in [1.165, 1.54) is 30.5 Å². The maximum absolute atomic E-state index is 12.6. The number of nitro benzene ring substituents is 1. The van der Waals surface area contributed by atoms with Crippen LogP contribution in [0, 0.1) is 16.0 Å². The van der Waals surface area contributed by atoms with Gasteiger partial charge in [0.2, 0.25) is 0 Å². The minimum atomic E-state index is -0.490. The molecule has 1 aliphatic heterocycles. The molecule has 0 aliphatic carbocycles. The Labute approximate surface area is 168 Å². The number of H-pyrrole nitrogens is 1. The Morgan fingerprint density at radius 3 is 2.83 bits per heavy atom. The molecule has 2 heterocycles. The Hall–Kier alpha value is -3.26. The van der Waals surface area contributed by atoms with Crippen molar-refractivity contribution in [2.75, 3.05) is 18.4 Å². The predicted octanol–water partition coefficient (Wildman–Crippen LogP) is 3.96. The molecule has 29 heavy (non-hydrogen) atoms. The highest BCUT2D eigenvalue weighted by atomic mass is 16.6. The highest BCUT2D eigenvalue weighted by Gasteiger charge is 2.18. The standard InChI is InChI=1S/C21H23N5O3/c1-14-3-2-10-25(12-14)13-15-4-6-16(7-5-15)22-21(27)20-18-11-17(26(28)29)8-9-19(18)23-24-20/h4-9,11,14H,2-3,10,12-13H2,1H3,(H,22,27)(H,23,24). The predicted molar refractivity (Wildman–Crippen MR) is 111 cm³/mol. The molecule has 0 bridgehead atoms. The average Bonchev–Trinajstić information content (AvgIpc) is 3.13. The number of fused-ring (bicyclic) bond motifs is 1. The molecule has 2 N–H and O–H groups in total. The number of carbonyl (C=O) groups is 1. The van der Waals surface area contributed by atoms with Gasteiger partial charge in [-0.1, -0.05) is 19.1 Å². The molecule has 0 saturated carbocycles. The van der Waals surface area contributed by atoms with Crippen molar-refractivity contribution < 1.29 is 9.72 Å². The zero-order valence-corrected chi connectivity index (χ0v) is 16.2. The number of likely N-dealkylation sites (tertiary alicyclic amines) is 1. The van der Waals surface area contributed by atoms with Crippen molar-refractivity contribution in [1.82, 2.24) is 15.1 Å². The van der Waals surface area contributed by atoms with E-state index in [4.69, 9.17) is 0 Å². The average molecular weight is 393 g/mol. The number of nitrogens with one attached hydrogen (secondary N) is 2. The van der Waals surface area contributed by atoms with Gasteiger partial charge in [-0.3, -0.25) is 24.9 Å². The number of anilines is 1. The maximum atomic E-state index is 12.6. The normalized spacial score (nSPS) is 17.3. The number of aromatic amines is 1. The van der Waals surface area contributed by atoms with Gasteiger partial charge in [0, 0.05) is 36.3 Å². The van der Waals surface area contributed by atoms with Gasteiger partial charge in [0.15, 0.2) is 5.69 Å². The van der Waals surface area contributed by atoms with E-state index in [9.17, 15) is 14.9 Å². The van der Waals surface area contributed by atoms with Crippen molar-refractivity contribution in [3.05, 3.63) is 63.8 Å². The van der Waals surface area contributed by atoms with E-state index in [2.05, 4.69) is 27.3 Å². The fourth-order valence-corrected chi connectivity index (χ4v) is 3.86. The summed E-state index contributed by atoms with van der Waals surface area (Å²) in [5.74, 6) is 0.330. The van der Waals surface area contributed by atoms with Crippen molar-refractivity contribution in [3.63, 3.8) is 0 Å². The van der Waals surface area contributed by atoms with E-state index in [1.54, 1.807) is 6.07 Å². The number of hydrogen-bond donors (Lipinski definition) is 2. The number of piperidine rings is 1. The van der Waals surface area contributed by atoms with E-state index >= 15 is 0 Å². The van der Waals surface area contributed by atoms with Crippen LogP contribution in [0.2, 0.25) is 0 Å². The third kappa shape index (κ3) is 4.27. The molecule has 1 amide bonds. The highest BCUT2D eigenvalue weighted by molar-refractivity contribution is 6.11. The Bertz CT molecular complexity index is 1040. The van der Waals surface area contributed by atoms with Crippen LogP contribution in [0.25, 0.3) is 10.9 Å². The first-order valence-corrected chi connectivity index (χ1v) is 9.75. The molecule has 1 fully saturated rings. The second-order valence-corrected chi connectivity index (χ2v) is 7.69. The summed E-state index contributed by atoms with van der Waals surface area (Å²) < 4.78 is 0. The Kier molecular flexibility index (Phi) is 5.26. The summed E-state index contributed by atoms with van der Waals surface area (Å²) in [7, 11) is 0. The van der Waals surface area contributed by atoms with Gasteiger partial charge in [-0.2, -0.15) is 5.10 Å². The largest absolute Gasteiger partial charge is 0.321 e. The molecule has 2 aromatic carbocycles. The summed E-state index contributed by atoms with van der Waals surface area (Å²) in [6.45, 7) is 5.45. The second kappa shape index (κ2) is 8.00. The van der Waals surface area contributed by atoms with E-state index in [1.807, 2.05) is 24.3 Å². The van der Waals surface area contributed by atoms with Crippen molar-refractivity contribution in [2.45, 2.75) is 26.3 Å². The number of nitro groups is 1. The van der Waals surface area contributed by atoms with Crippen LogP contribution in [0.1, 0.15) is 35.8 Å². The van der Waals surface area contributed by atoms with Gasteiger partial charge in [-0.25, -0.2) is 0 Å². The quantitative estimate of drug-likeness (QED) is 0.504. The van der Waals surface area contributed by atoms with Crippen LogP contribution in [0.3, 0.4) is 0 Å². The summed E-state index contributed by atoms with van der Waals surface area (Å²) >= 11 is 0. The monoisotopic (exact) mass is 393 g/mol. The van der Waals surface area contributed by atoms with Crippen molar-refractivity contribution >= 4 is 28.2 Å². The minimum absolute atomic E-state index is 0.0793. The zero-order valence-electron chi connectivity index (χ0n) is 16.2. The number of non-ortho nitro benzene ring substituents is 1. The molecule has 1 saturated heterocycles. The lowest BCUT2D eigenvalue weighted by molar-refractivity contribution is -0.384. The Morgan fingerprint density at radius 1 is 1.31 bits per heavy atom. The van der Waals surface area contributed by atoms with Gasteiger partial charge in [0.05, 0.1) is 10.4 Å². The van der Waals surface area contributed by atoms with Crippen LogP contribution in [0.5, 0.6) is 0 Å². The van der Waals surface area contributed by atoms with Crippen LogP contribution < -0.4 is 5.32 Å². The summed E-state index contributed by atoms with van der Waals surface area (Å²) in [4.78, 5) is 25.6. The van der Waals surface area contributed by atoms with E-state index in [-0.39, 0.29) is 11.4 Å². The van der Waals surface area contributed by atoms with Crippen LogP contribution in [0.15, 0.2) is 42.5 Å². The van der Waals surface area contributed by atoms with Gasteiger partial charge < -0.3 is 5.32 Å². The zero-order chi connectivity index (χ0) is 20.4. The number of carbonyl (C=O) groups excluding carboxylic acids is 1. The van der Waals surface area contributed by atoms with E-state index in [0.717, 1.165) is 25.6 Å². The lowest BCUT2D eigenvalue weighted by Gasteiger charge is -2.30. The summed E-state index contributed by atoms with van der Waals surface area (Å²) in [6.07, 6.45) is 2.54. The van der Waals surface area contributed by atoms with Crippen LogP contribution >= 0.6 is 0 Å². The summed E-state index contributed by atoms with van der Waals surface area (Å²) in [6, 6.07) is 12.1. The van der Waals surface area contributed by atoms with Crippen molar-refractivity contribution in [1.29, 1.82) is 0 Å². The first kappa shape index (κ1) is 19.1. The third-order valence-electron chi connectivity index (χ3n) is 5.33. The maximum Gasteiger partial charge on any atom is 0.276 e. The molecule has 1 unspecified atom stereocenters. The molecule has 4 rings (SSSR count). The fraction of sp³-hybridized carbons (Fsp3) is 0.333. The van der Waals surface area contributed by atoms with Gasteiger partial charge in [-0.15, -0.1) is 0 Å². The smallest absolute Gasteiger partial charge is 0.276 e. The van der Waals surface area contributed by atoms with Crippen molar-refractivity contribution in [3.8, 4) is 0 Å². The minimum Gasteiger partial charge on any atom is -0.321 e. The highest BCUT2D eigenvalue weighted by Crippen LogP contribution is 2.23. The number of amides is 1. The molecular formula is C21H23N5O3. The molecular weight excluding hydrogens is 370 g/mol. The molecule has 1 atom stereocenters. The lowest BCUT2D eigenvalue weighted by atomic mass is 10.00. The second-order valence-electron chi connectivity index (χ2n) is 7.69. The van der Waals surface area contributed by atoms with E-state index < -0.39 is 10.8 Å². The number of rotatable bonds is 5. The molecule has 8 heteroatoms. The summed E-state index contributed by atoms with van der Waals surface area (Å²) in [5, 5.41) is 21.0. The van der Waals surface area contributed by atoms with E-state index in [0.29, 0.717) is 16.6 Å². The van der Waals surface area contributed by atoms with Crippen molar-refractivity contribution in [2.24, 2.45) is 5.92 Å². The first-order chi connectivity index (χ1) is 14.0. The SMILES string of the molecule is CC1CCCN(Cc2ccc(NC(=O)c3n[nH]c4ccc([N+](=O)[O-])cc34)cc2)C1. The summed E-state index contributed by atoms with van der Waals surface area (Å²) in [5.41, 5.74) is 2.50. The molecule has 1 aliphatic rings. The fourth-order valence-electron chi connectivity index (χ4n) is 3.86. The lowest BCUT2D eigenvalue weighted by Crippen LogP contribution is -2.33. The molecule has 1 aromatic heterocycles. The molecule has 0 radical (unpaired) electrons. The van der Waals surface area contributed by atoms with Crippen LogP contribution in [-0.4, -0.2) is 39.0 Å². The molecule has 3 aromatic rings. The first-order valence-electron chi connectivity index (χ1n) is 9.75. The van der Waals surface area contributed by atoms with Gasteiger partial charge in [0.25, 0.3) is 11.6 Å². The van der Waals surface area contributed by atoms with Gasteiger partial charge in [-0.05, 0) is 49.1 Å². The molecule has 0 spiro atoms. The van der Waals surface area contributed by atoms with Gasteiger partial charge in [0.1, 0.15) is 0 Å².